The van der Waals surface area contributed by atoms with E-state index in [0.29, 0.717) is 21.9 Å². The van der Waals surface area contributed by atoms with E-state index in [1.54, 1.807) is 6.07 Å². The molecule has 0 aliphatic carbocycles. The molecule has 3 nitrogen and oxygen atoms in total. The van der Waals surface area contributed by atoms with Crippen molar-refractivity contribution in [3.63, 3.8) is 0 Å². The molecule has 1 aromatic heterocycles. The predicted molar refractivity (Wildman–Crippen MR) is 85.7 cm³/mol. The van der Waals surface area contributed by atoms with E-state index < -0.39 is 0 Å². The summed E-state index contributed by atoms with van der Waals surface area (Å²) < 4.78 is 0. The Morgan fingerprint density at radius 2 is 1.89 bits per heavy atom. The van der Waals surface area contributed by atoms with Gasteiger partial charge in [-0.25, -0.2) is 4.98 Å². The molecule has 0 saturated heterocycles. The Hall–Kier alpha value is -0.670. The lowest BCUT2D eigenvalue weighted by atomic mass is 9.87. The molecule has 19 heavy (non-hydrogen) atoms. The van der Waals surface area contributed by atoms with Crippen molar-refractivity contribution in [1.82, 2.24) is 4.98 Å². The molecule has 0 bridgehead atoms. The zero-order valence-corrected chi connectivity index (χ0v) is 14.0. The summed E-state index contributed by atoms with van der Waals surface area (Å²) in [6.07, 6.45) is 0. The maximum Gasteiger partial charge on any atom is 0.149 e. The summed E-state index contributed by atoms with van der Waals surface area (Å²) >= 11 is 12.4. The molecule has 1 aromatic rings. The van der Waals surface area contributed by atoms with Crippen LogP contribution in [0.3, 0.4) is 0 Å². The van der Waals surface area contributed by atoms with Gasteiger partial charge in [0.05, 0.1) is 10.0 Å². The lowest BCUT2D eigenvalue weighted by Gasteiger charge is -2.36. The maximum absolute atomic E-state index is 6.27. The van der Waals surface area contributed by atoms with Gasteiger partial charge in [-0.2, -0.15) is 0 Å². The molecule has 108 valence electrons. The summed E-state index contributed by atoms with van der Waals surface area (Å²) in [7, 11) is 2.01. The van der Waals surface area contributed by atoms with Gasteiger partial charge >= 0.3 is 0 Å². The Labute approximate surface area is 126 Å². The lowest BCUT2D eigenvalue weighted by molar-refractivity contribution is 0.328. The summed E-state index contributed by atoms with van der Waals surface area (Å²) in [5.74, 6) is 1.43. The molecule has 0 fully saturated rings. The fourth-order valence-corrected chi connectivity index (χ4v) is 2.32. The fourth-order valence-electron chi connectivity index (χ4n) is 1.76. The van der Waals surface area contributed by atoms with Crippen LogP contribution in [0.25, 0.3) is 0 Å². The summed E-state index contributed by atoms with van der Waals surface area (Å²) in [6, 6.07) is 2.04. The van der Waals surface area contributed by atoms with Gasteiger partial charge in [-0.15, -0.1) is 0 Å². The quantitative estimate of drug-likeness (QED) is 0.874. The Balaban J connectivity index is 3.15. The second-order valence-corrected chi connectivity index (χ2v) is 6.62. The summed E-state index contributed by atoms with van der Waals surface area (Å²) in [6.45, 7) is 11.5. The van der Waals surface area contributed by atoms with Crippen LogP contribution in [0, 0.1) is 5.41 Å². The Kier molecular flexibility index (Phi) is 5.34. The smallest absolute Gasteiger partial charge is 0.149 e. The highest BCUT2D eigenvalue weighted by Gasteiger charge is 2.26. The van der Waals surface area contributed by atoms with E-state index in [2.05, 4.69) is 42.9 Å². The lowest BCUT2D eigenvalue weighted by Crippen LogP contribution is -2.40. The minimum atomic E-state index is 0.137. The van der Waals surface area contributed by atoms with E-state index >= 15 is 0 Å². The van der Waals surface area contributed by atoms with E-state index in [1.165, 1.54) is 0 Å². The minimum Gasteiger partial charge on any atom is -0.369 e. The molecule has 0 saturated carbocycles. The monoisotopic (exact) mass is 303 g/mol. The zero-order valence-electron chi connectivity index (χ0n) is 12.5. The standard InChI is InChI=1S/C14H23Cl2N3/c1-7-17-12-10(15)8-11(16)13(18-12)19(6)9(2)14(3,4)5/h8-9H,7H2,1-6H3,(H,17,18). The second-order valence-electron chi connectivity index (χ2n) is 5.81. The first-order valence-corrected chi connectivity index (χ1v) is 7.26. The van der Waals surface area contributed by atoms with Crippen LogP contribution < -0.4 is 10.2 Å². The third-order valence-corrected chi connectivity index (χ3v) is 3.99. The molecule has 0 aliphatic rings. The average Bonchev–Trinajstić information content (AvgIpc) is 2.29. The zero-order chi connectivity index (χ0) is 14.8. The van der Waals surface area contributed by atoms with Crippen molar-refractivity contribution in [2.24, 2.45) is 5.41 Å². The largest absolute Gasteiger partial charge is 0.369 e. The van der Waals surface area contributed by atoms with Crippen LogP contribution in [0.2, 0.25) is 10.0 Å². The highest BCUT2D eigenvalue weighted by Crippen LogP contribution is 2.34. The van der Waals surface area contributed by atoms with Gasteiger partial charge in [-0.3, -0.25) is 0 Å². The predicted octanol–water partition coefficient (Wildman–Crippen LogP) is 4.69. The third-order valence-electron chi connectivity index (χ3n) is 3.42. The highest BCUT2D eigenvalue weighted by molar-refractivity contribution is 6.37. The van der Waals surface area contributed by atoms with Crippen molar-refractivity contribution >= 4 is 34.8 Å². The van der Waals surface area contributed by atoms with Crippen LogP contribution in [0.15, 0.2) is 6.07 Å². The molecule has 0 aromatic carbocycles. The van der Waals surface area contributed by atoms with Crippen molar-refractivity contribution in [2.45, 2.75) is 40.7 Å². The Morgan fingerprint density at radius 3 is 2.37 bits per heavy atom. The number of nitrogens with one attached hydrogen (secondary N) is 1. The van der Waals surface area contributed by atoms with E-state index in [9.17, 15) is 0 Å². The molecule has 1 unspecified atom stereocenters. The number of hydrogen-bond donors (Lipinski definition) is 1. The molecular formula is C14H23Cl2N3. The van der Waals surface area contributed by atoms with Crippen LogP contribution in [0.4, 0.5) is 11.6 Å². The summed E-state index contributed by atoms with van der Waals surface area (Å²) in [5.41, 5.74) is 0.137. The van der Waals surface area contributed by atoms with Crippen molar-refractivity contribution < 1.29 is 0 Å². The van der Waals surface area contributed by atoms with Crippen molar-refractivity contribution in [3.8, 4) is 0 Å². The molecule has 1 rings (SSSR count). The number of halogens is 2. The fraction of sp³-hybridized carbons (Fsp3) is 0.643. The van der Waals surface area contributed by atoms with Gasteiger partial charge in [0.1, 0.15) is 11.6 Å². The van der Waals surface area contributed by atoms with E-state index in [4.69, 9.17) is 23.2 Å². The van der Waals surface area contributed by atoms with E-state index in [1.807, 2.05) is 14.0 Å². The van der Waals surface area contributed by atoms with Crippen LogP contribution in [0.5, 0.6) is 0 Å². The van der Waals surface area contributed by atoms with Gasteiger partial charge in [0, 0.05) is 19.6 Å². The van der Waals surface area contributed by atoms with E-state index in [0.717, 1.165) is 12.4 Å². The first-order valence-electron chi connectivity index (χ1n) is 6.51. The normalized spacial score (nSPS) is 13.3. The van der Waals surface area contributed by atoms with Gasteiger partial charge in [0.15, 0.2) is 0 Å². The number of aromatic nitrogens is 1. The number of nitrogens with zero attached hydrogens (tertiary/aromatic N) is 2. The Morgan fingerprint density at radius 1 is 1.32 bits per heavy atom. The molecule has 0 spiro atoms. The van der Waals surface area contributed by atoms with Crippen LogP contribution in [-0.4, -0.2) is 24.6 Å². The van der Waals surface area contributed by atoms with Gasteiger partial charge < -0.3 is 10.2 Å². The average molecular weight is 304 g/mol. The topological polar surface area (TPSA) is 28.2 Å². The van der Waals surface area contributed by atoms with Gasteiger partial charge in [0.2, 0.25) is 0 Å². The number of rotatable bonds is 4. The third kappa shape index (κ3) is 3.90. The molecule has 5 heteroatoms. The molecule has 1 N–H and O–H groups in total. The molecule has 0 aliphatic heterocycles. The highest BCUT2D eigenvalue weighted by atomic mass is 35.5. The van der Waals surface area contributed by atoms with Crippen LogP contribution >= 0.6 is 23.2 Å². The Bertz CT molecular complexity index is 441. The maximum atomic E-state index is 6.27. The van der Waals surface area contributed by atoms with Gasteiger partial charge in [-0.1, -0.05) is 44.0 Å². The second kappa shape index (κ2) is 6.19. The van der Waals surface area contributed by atoms with Crippen molar-refractivity contribution in [3.05, 3.63) is 16.1 Å². The minimum absolute atomic E-state index is 0.137. The van der Waals surface area contributed by atoms with Gasteiger partial charge in [-0.05, 0) is 25.3 Å². The van der Waals surface area contributed by atoms with Crippen LogP contribution in [0.1, 0.15) is 34.6 Å². The van der Waals surface area contributed by atoms with Gasteiger partial charge in [0.25, 0.3) is 0 Å². The molecule has 1 heterocycles. The summed E-state index contributed by atoms with van der Waals surface area (Å²) in [4.78, 5) is 6.64. The van der Waals surface area contributed by atoms with Crippen molar-refractivity contribution in [2.75, 3.05) is 23.8 Å². The van der Waals surface area contributed by atoms with E-state index in [-0.39, 0.29) is 5.41 Å². The van der Waals surface area contributed by atoms with Crippen LogP contribution in [-0.2, 0) is 0 Å². The molecule has 0 amide bonds. The van der Waals surface area contributed by atoms with Crippen molar-refractivity contribution in [1.29, 1.82) is 0 Å². The number of hydrogen-bond acceptors (Lipinski definition) is 3. The summed E-state index contributed by atoms with van der Waals surface area (Å²) in [5, 5.41) is 4.27. The SMILES string of the molecule is CCNc1nc(N(C)C(C)C(C)(C)C)c(Cl)cc1Cl. The molecule has 0 radical (unpaired) electrons. The molecular weight excluding hydrogens is 281 g/mol. The number of anilines is 2. The first kappa shape index (κ1) is 16.4. The first-order chi connectivity index (χ1) is 8.68. The number of pyridine rings is 1. The molecule has 1 atom stereocenters.